The van der Waals surface area contributed by atoms with E-state index in [1.54, 1.807) is 0 Å². The number of aliphatic imine (C=N–C) groups is 1. The van der Waals surface area contributed by atoms with E-state index in [4.69, 9.17) is 0 Å². The molecule has 1 aliphatic carbocycles. The minimum absolute atomic E-state index is 0. The number of piperidine rings is 1. The van der Waals surface area contributed by atoms with E-state index in [-0.39, 0.29) is 36.6 Å². The largest absolute Gasteiger partial charge is 0.388 e. The predicted octanol–water partition coefficient (Wildman–Crippen LogP) is 1.80. The van der Waals surface area contributed by atoms with Crippen LogP contribution >= 0.6 is 24.0 Å². The highest BCUT2D eigenvalue weighted by atomic mass is 127. The van der Waals surface area contributed by atoms with Gasteiger partial charge in [-0.3, -0.25) is 9.89 Å². The molecule has 2 rings (SSSR count). The number of hydrogen-bond acceptors (Lipinski definition) is 3. The molecule has 0 aromatic rings. The van der Waals surface area contributed by atoms with Gasteiger partial charge < -0.3 is 15.7 Å². The van der Waals surface area contributed by atoms with Crippen molar-refractivity contribution >= 4 is 29.9 Å². The third kappa shape index (κ3) is 7.04. The third-order valence-electron chi connectivity index (χ3n) is 4.48. The van der Waals surface area contributed by atoms with Crippen LogP contribution in [-0.2, 0) is 0 Å². The number of rotatable bonds is 6. The first-order valence-electron chi connectivity index (χ1n) is 8.28. The van der Waals surface area contributed by atoms with Crippen LogP contribution in [0.1, 0.15) is 39.0 Å². The molecule has 2 aliphatic rings. The van der Waals surface area contributed by atoms with Gasteiger partial charge in [-0.15, -0.1) is 24.0 Å². The van der Waals surface area contributed by atoms with Crippen molar-refractivity contribution in [2.24, 2.45) is 4.99 Å². The summed E-state index contributed by atoms with van der Waals surface area (Å²) in [6.07, 6.45) is 2.12. The van der Waals surface area contributed by atoms with Crippen molar-refractivity contribution in [2.45, 2.75) is 57.1 Å². The summed E-state index contributed by atoms with van der Waals surface area (Å²) >= 11 is 0. The van der Waals surface area contributed by atoms with Crippen LogP contribution in [-0.4, -0.2) is 66.8 Å². The van der Waals surface area contributed by atoms with Crippen molar-refractivity contribution in [3.05, 3.63) is 0 Å². The van der Waals surface area contributed by atoms with Gasteiger partial charge in [-0.05, 0) is 39.0 Å². The van der Waals surface area contributed by atoms with Gasteiger partial charge >= 0.3 is 0 Å². The summed E-state index contributed by atoms with van der Waals surface area (Å²) in [5.74, 6) is 0.718. The lowest BCUT2D eigenvalue weighted by atomic mass is 9.80. The summed E-state index contributed by atoms with van der Waals surface area (Å²) in [6, 6.07) is 0.253. The highest BCUT2D eigenvalue weighted by Gasteiger charge is 2.34. The van der Waals surface area contributed by atoms with Gasteiger partial charge in [0, 0.05) is 25.7 Å². The summed E-state index contributed by atoms with van der Waals surface area (Å²) in [7, 11) is 0. The van der Waals surface area contributed by atoms with Gasteiger partial charge in [0.1, 0.15) is 0 Å². The molecule has 23 heavy (non-hydrogen) atoms. The molecule has 1 saturated heterocycles. The van der Waals surface area contributed by atoms with Gasteiger partial charge in [-0.1, -0.05) is 0 Å². The highest BCUT2D eigenvalue weighted by Crippen LogP contribution is 2.31. The van der Waals surface area contributed by atoms with E-state index in [0.717, 1.165) is 44.6 Å². The van der Waals surface area contributed by atoms with Crippen LogP contribution < -0.4 is 10.6 Å². The first-order valence-corrected chi connectivity index (χ1v) is 8.28. The number of halogens is 3. The molecule has 1 heterocycles. The summed E-state index contributed by atoms with van der Waals surface area (Å²) in [4.78, 5) is 6.29. The molecule has 3 N–H and O–H groups in total. The quantitative estimate of drug-likeness (QED) is 0.331. The minimum atomic E-state index is -2.26. The Balaban J connectivity index is 0.00000264. The smallest absolute Gasteiger partial charge is 0.251 e. The molecule has 1 aliphatic heterocycles. The van der Waals surface area contributed by atoms with Crippen LogP contribution in [0.25, 0.3) is 0 Å². The van der Waals surface area contributed by atoms with Gasteiger partial charge in [0.15, 0.2) is 5.96 Å². The zero-order valence-corrected chi connectivity index (χ0v) is 16.1. The zero-order valence-electron chi connectivity index (χ0n) is 13.7. The van der Waals surface area contributed by atoms with E-state index in [2.05, 4.69) is 15.6 Å². The van der Waals surface area contributed by atoms with Gasteiger partial charge in [0.2, 0.25) is 0 Å². The Morgan fingerprint density at radius 2 is 2.00 bits per heavy atom. The van der Waals surface area contributed by atoms with Gasteiger partial charge in [-0.2, -0.15) is 0 Å². The molecule has 5 nitrogen and oxygen atoms in total. The average molecular weight is 446 g/mol. The summed E-state index contributed by atoms with van der Waals surface area (Å²) in [5, 5.41) is 16.7. The van der Waals surface area contributed by atoms with Crippen LogP contribution in [0, 0.1) is 0 Å². The molecule has 0 radical (unpaired) electrons. The third-order valence-corrected chi connectivity index (χ3v) is 4.48. The normalized spacial score (nSPS) is 22.4. The maximum atomic E-state index is 12.4. The lowest BCUT2D eigenvalue weighted by Gasteiger charge is -2.36. The van der Waals surface area contributed by atoms with Crippen LogP contribution in [0.4, 0.5) is 8.78 Å². The van der Waals surface area contributed by atoms with Gasteiger partial charge in [0.05, 0.1) is 18.7 Å². The topological polar surface area (TPSA) is 59.9 Å². The SMILES string of the molecule is CCNC(=NCC1(O)CCC1)NC1CCN(CC(F)F)CC1.I. The van der Waals surface area contributed by atoms with Crippen molar-refractivity contribution in [1.82, 2.24) is 15.5 Å². The minimum Gasteiger partial charge on any atom is -0.388 e. The fraction of sp³-hybridized carbons (Fsp3) is 0.933. The monoisotopic (exact) mass is 446 g/mol. The molecule has 0 aromatic carbocycles. The van der Waals surface area contributed by atoms with Crippen molar-refractivity contribution < 1.29 is 13.9 Å². The van der Waals surface area contributed by atoms with Crippen molar-refractivity contribution in [1.29, 1.82) is 0 Å². The molecular weight excluding hydrogens is 417 g/mol. The number of alkyl halides is 2. The maximum Gasteiger partial charge on any atom is 0.251 e. The fourth-order valence-electron chi connectivity index (χ4n) is 2.94. The first kappa shape index (κ1) is 20.8. The molecule has 136 valence electrons. The molecule has 0 atom stereocenters. The molecule has 0 aromatic heterocycles. The predicted molar refractivity (Wildman–Crippen MR) is 98.8 cm³/mol. The Morgan fingerprint density at radius 3 is 2.48 bits per heavy atom. The van der Waals surface area contributed by atoms with E-state index in [0.29, 0.717) is 19.6 Å². The Bertz CT molecular complexity index is 372. The van der Waals surface area contributed by atoms with Crippen molar-refractivity contribution in [3.8, 4) is 0 Å². The van der Waals surface area contributed by atoms with Crippen LogP contribution in [0.3, 0.4) is 0 Å². The molecule has 0 amide bonds. The Kier molecular flexibility index (Phi) is 8.99. The van der Waals surface area contributed by atoms with Crippen LogP contribution in [0.15, 0.2) is 4.99 Å². The molecule has 0 spiro atoms. The lowest BCUT2D eigenvalue weighted by molar-refractivity contribution is -0.0236. The van der Waals surface area contributed by atoms with Gasteiger partial charge in [0.25, 0.3) is 6.43 Å². The van der Waals surface area contributed by atoms with Crippen molar-refractivity contribution in [3.63, 3.8) is 0 Å². The molecule has 0 unspecified atom stereocenters. The Hall–Kier alpha value is -0.220. The standard InChI is InChI=1S/C15H28F2N4O.HI/c1-2-18-14(19-11-15(22)6-3-7-15)20-12-4-8-21(9-5-12)10-13(16)17;/h12-13,22H,2-11H2,1H3,(H2,18,19,20);1H. The van der Waals surface area contributed by atoms with Crippen LogP contribution in [0.5, 0.6) is 0 Å². The average Bonchev–Trinajstić information content (AvgIpc) is 2.44. The van der Waals surface area contributed by atoms with Gasteiger partial charge in [-0.25, -0.2) is 8.78 Å². The highest BCUT2D eigenvalue weighted by molar-refractivity contribution is 14.0. The summed E-state index contributed by atoms with van der Waals surface area (Å²) in [6.45, 7) is 4.42. The first-order chi connectivity index (χ1) is 10.5. The Labute approximate surface area is 154 Å². The zero-order chi connectivity index (χ0) is 16.0. The molecule has 8 heteroatoms. The van der Waals surface area contributed by atoms with E-state index >= 15 is 0 Å². The number of nitrogens with one attached hydrogen (secondary N) is 2. The number of likely N-dealkylation sites (tertiary alicyclic amines) is 1. The fourth-order valence-corrected chi connectivity index (χ4v) is 2.94. The number of guanidine groups is 1. The molecule has 0 bridgehead atoms. The maximum absolute atomic E-state index is 12.4. The second-order valence-corrected chi connectivity index (χ2v) is 6.38. The number of aliphatic hydroxyl groups is 1. The summed E-state index contributed by atoms with van der Waals surface area (Å²) < 4.78 is 24.7. The van der Waals surface area contributed by atoms with Crippen molar-refractivity contribution in [2.75, 3.05) is 32.7 Å². The van der Waals surface area contributed by atoms with E-state index in [1.807, 2.05) is 11.8 Å². The number of nitrogens with zero attached hydrogens (tertiary/aromatic N) is 2. The number of hydrogen-bond donors (Lipinski definition) is 3. The molecule has 2 fully saturated rings. The van der Waals surface area contributed by atoms with Crippen LogP contribution in [0.2, 0.25) is 0 Å². The lowest BCUT2D eigenvalue weighted by Crippen LogP contribution is -2.50. The Morgan fingerprint density at radius 1 is 1.35 bits per heavy atom. The van der Waals surface area contributed by atoms with E-state index in [1.165, 1.54) is 0 Å². The molecule has 1 saturated carbocycles. The van der Waals surface area contributed by atoms with E-state index in [9.17, 15) is 13.9 Å². The van der Waals surface area contributed by atoms with E-state index < -0.39 is 12.0 Å². The summed E-state index contributed by atoms with van der Waals surface area (Å²) in [5.41, 5.74) is -0.622. The molecular formula is C15H29F2IN4O. The second kappa shape index (κ2) is 9.93. The second-order valence-electron chi connectivity index (χ2n) is 6.38.